The van der Waals surface area contributed by atoms with Crippen molar-refractivity contribution in [3.63, 3.8) is 0 Å². The minimum absolute atomic E-state index is 0.191. The summed E-state index contributed by atoms with van der Waals surface area (Å²) in [5, 5.41) is 3.51. The number of hydrogen-bond donors (Lipinski definition) is 1. The zero-order valence-corrected chi connectivity index (χ0v) is 11.3. The van der Waals surface area contributed by atoms with Crippen molar-refractivity contribution in [3.05, 3.63) is 34.9 Å². The fraction of sp³-hybridized carbons (Fsp3) is 0.600. The van der Waals surface area contributed by atoms with Crippen LogP contribution < -0.4 is 5.32 Å². The van der Waals surface area contributed by atoms with Crippen molar-refractivity contribution < 1.29 is 4.74 Å². The molecule has 2 heteroatoms. The molecule has 1 saturated heterocycles. The highest BCUT2D eigenvalue weighted by molar-refractivity contribution is 5.32. The first kappa shape index (κ1) is 12.6. The lowest BCUT2D eigenvalue weighted by atomic mass is 9.95. The molecular weight excluding hydrogens is 210 g/mol. The minimum Gasteiger partial charge on any atom is -0.372 e. The van der Waals surface area contributed by atoms with Crippen LogP contribution in [0.15, 0.2) is 18.2 Å². The monoisotopic (exact) mass is 233 g/mol. The van der Waals surface area contributed by atoms with Crippen molar-refractivity contribution in [1.82, 2.24) is 5.32 Å². The Labute approximate surface area is 104 Å². The number of aryl methyl sites for hydroxylation is 2. The van der Waals surface area contributed by atoms with Gasteiger partial charge < -0.3 is 10.1 Å². The fourth-order valence-electron chi connectivity index (χ4n) is 2.28. The van der Waals surface area contributed by atoms with Gasteiger partial charge in [-0.15, -0.1) is 0 Å². The molecule has 2 rings (SSSR count). The molecule has 1 aliphatic heterocycles. The summed E-state index contributed by atoms with van der Waals surface area (Å²) in [4.78, 5) is 0. The molecule has 1 aromatic carbocycles. The third kappa shape index (κ3) is 3.08. The number of ether oxygens (including phenoxy) is 1. The standard InChI is InChI=1S/C15H23NO/c1-11-5-6-12(2)13(7-11)14-8-16-9-15(3,4)10-17-14/h5-7,14,16H,8-10H2,1-4H3. The van der Waals surface area contributed by atoms with Gasteiger partial charge >= 0.3 is 0 Å². The molecule has 2 nitrogen and oxygen atoms in total. The lowest BCUT2D eigenvalue weighted by molar-refractivity contribution is 0.0256. The highest BCUT2D eigenvalue weighted by Gasteiger charge is 2.26. The first-order valence-electron chi connectivity index (χ1n) is 6.37. The zero-order valence-electron chi connectivity index (χ0n) is 11.3. The molecule has 0 radical (unpaired) electrons. The molecule has 1 fully saturated rings. The maximum absolute atomic E-state index is 6.08. The van der Waals surface area contributed by atoms with E-state index in [2.05, 4.69) is 51.2 Å². The fourth-order valence-corrected chi connectivity index (χ4v) is 2.28. The quantitative estimate of drug-likeness (QED) is 0.805. The van der Waals surface area contributed by atoms with E-state index in [1.165, 1.54) is 16.7 Å². The van der Waals surface area contributed by atoms with Crippen molar-refractivity contribution in [1.29, 1.82) is 0 Å². The highest BCUT2D eigenvalue weighted by Crippen LogP contribution is 2.27. The predicted octanol–water partition coefficient (Wildman–Crippen LogP) is 2.99. The predicted molar refractivity (Wildman–Crippen MR) is 71.3 cm³/mol. The van der Waals surface area contributed by atoms with Crippen molar-refractivity contribution in [2.24, 2.45) is 5.41 Å². The average Bonchev–Trinajstić information content (AvgIpc) is 2.43. The normalized spacial score (nSPS) is 24.4. The molecule has 0 amide bonds. The topological polar surface area (TPSA) is 21.3 Å². The summed E-state index contributed by atoms with van der Waals surface area (Å²) >= 11 is 0. The van der Waals surface area contributed by atoms with Crippen LogP contribution in [-0.4, -0.2) is 19.7 Å². The smallest absolute Gasteiger partial charge is 0.0952 e. The second-order valence-corrected chi connectivity index (χ2v) is 5.95. The van der Waals surface area contributed by atoms with Gasteiger partial charge in [-0.1, -0.05) is 37.6 Å². The molecule has 94 valence electrons. The van der Waals surface area contributed by atoms with E-state index in [0.717, 1.165) is 19.7 Å². The number of hydrogen-bond acceptors (Lipinski definition) is 2. The Morgan fingerprint density at radius 2 is 2.06 bits per heavy atom. The Hall–Kier alpha value is -0.860. The Morgan fingerprint density at radius 3 is 2.82 bits per heavy atom. The second kappa shape index (κ2) is 4.79. The van der Waals surface area contributed by atoms with Gasteiger partial charge in [0.05, 0.1) is 12.7 Å². The molecule has 1 aromatic rings. The first-order chi connectivity index (χ1) is 7.98. The summed E-state index contributed by atoms with van der Waals surface area (Å²) < 4.78 is 6.08. The van der Waals surface area contributed by atoms with Gasteiger partial charge in [-0.2, -0.15) is 0 Å². The van der Waals surface area contributed by atoms with Gasteiger partial charge in [0.25, 0.3) is 0 Å². The summed E-state index contributed by atoms with van der Waals surface area (Å²) in [7, 11) is 0. The van der Waals surface area contributed by atoms with Gasteiger partial charge in [0, 0.05) is 18.5 Å². The lowest BCUT2D eigenvalue weighted by Gasteiger charge is -2.22. The van der Waals surface area contributed by atoms with Crippen LogP contribution in [0.3, 0.4) is 0 Å². The molecule has 0 spiro atoms. The molecule has 1 heterocycles. The van der Waals surface area contributed by atoms with Crippen molar-refractivity contribution in [2.75, 3.05) is 19.7 Å². The van der Waals surface area contributed by atoms with E-state index < -0.39 is 0 Å². The summed E-state index contributed by atoms with van der Waals surface area (Å²) in [6.45, 7) is 11.5. The van der Waals surface area contributed by atoms with E-state index in [0.29, 0.717) is 0 Å². The second-order valence-electron chi connectivity index (χ2n) is 5.95. The molecule has 0 aliphatic carbocycles. The minimum atomic E-state index is 0.191. The third-order valence-corrected chi connectivity index (χ3v) is 3.39. The van der Waals surface area contributed by atoms with Crippen LogP contribution in [0.2, 0.25) is 0 Å². The Kier molecular flexibility index (Phi) is 3.55. The average molecular weight is 233 g/mol. The van der Waals surface area contributed by atoms with E-state index in [1.54, 1.807) is 0 Å². The summed E-state index contributed by atoms with van der Waals surface area (Å²) in [5.41, 5.74) is 4.18. The summed E-state index contributed by atoms with van der Waals surface area (Å²) in [6, 6.07) is 6.59. The van der Waals surface area contributed by atoms with Crippen molar-refractivity contribution >= 4 is 0 Å². The van der Waals surface area contributed by atoms with Crippen molar-refractivity contribution in [2.45, 2.75) is 33.8 Å². The van der Waals surface area contributed by atoms with Crippen LogP contribution in [0.25, 0.3) is 0 Å². The Bertz CT molecular complexity index is 398. The number of rotatable bonds is 1. The number of benzene rings is 1. The first-order valence-corrected chi connectivity index (χ1v) is 6.37. The van der Waals surface area contributed by atoms with E-state index in [-0.39, 0.29) is 11.5 Å². The molecule has 1 atom stereocenters. The van der Waals surface area contributed by atoms with Crippen LogP contribution in [0.1, 0.15) is 36.6 Å². The molecule has 17 heavy (non-hydrogen) atoms. The van der Waals surface area contributed by atoms with Crippen molar-refractivity contribution in [3.8, 4) is 0 Å². The molecule has 1 unspecified atom stereocenters. The molecule has 0 aromatic heterocycles. The molecule has 0 saturated carbocycles. The van der Waals surface area contributed by atoms with Crippen LogP contribution in [0.5, 0.6) is 0 Å². The Balaban J connectivity index is 2.19. The van der Waals surface area contributed by atoms with Crippen LogP contribution >= 0.6 is 0 Å². The van der Waals surface area contributed by atoms with Crippen LogP contribution in [0.4, 0.5) is 0 Å². The highest BCUT2D eigenvalue weighted by atomic mass is 16.5. The van der Waals surface area contributed by atoms with Gasteiger partial charge in [0.2, 0.25) is 0 Å². The third-order valence-electron chi connectivity index (χ3n) is 3.39. The number of nitrogens with one attached hydrogen (secondary N) is 1. The Morgan fingerprint density at radius 1 is 1.29 bits per heavy atom. The summed E-state index contributed by atoms with van der Waals surface area (Å²) in [6.07, 6.45) is 0.191. The van der Waals surface area contributed by atoms with E-state index in [1.807, 2.05) is 0 Å². The molecule has 1 N–H and O–H groups in total. The summed E-state index contributed by atoms with van der Waals surface area (Å²) in [5.74, 6) is 0. The van der Waals surface area contributed by atoms with Crippen LogP contribution in [-0.2, 0) is 4.74 Å². The zero-order chi connectivity index (χ0) is 12.5. The van der Waals surface area contributed by atoms with Gasteiger partial charge in [-0.25, -0.2) is 0 Å². The SMILES string of the molecule is Cc1ccc(C)c(C2CNCC(C)(C)CO2)c1. The molecular formula is C15H23NO. The van der Waals surface area contributed by atoms with E-state index in [9.17, 15) is 0 Å². The van der Waals surface area contributed by atoms with E-state index in [4.69, 9.17) is 4.74 Å². The molecule has 1 aliphatic rings. The lowest BCUT2D eigenvalue weighted by Crippen LogP contribution is -2.29. The van der Waals surface area contributed by atoms with Gasteiger partial charge in [-0.05, 0) is 25.0 Å². The molecule has 0 bridgehead atoms. The van der Waals surface area contributed by atoms with Gasteiger partial charge in [-0.3, -0.25) is 0 Å². The van der Waals surface area contributed by atoms with Gasteiger partial charge in [0.15, 0.2) is 0 Å². The van der Waals surface area contributed by atoms with Crippen LogP contribution in [0, 0.1) is 19.3 Å². The maximum Gasteiger partial charge on any atom is 0.0952 e. The van der Waals surface area contributed by atoms with Gasteiger partial charge in [0.1, 0.15) is 0 Å². The van der Waals surface area contributed by atoms with E-state index >= 15 is 0 Å². The maximum atomic E-state index is 6.08. The largest absolute Gasteiger partial charge is 0.372 e.